The molecule has 3 rings (SSSR count). The predicted octanol–water partition coefficient (Wildman–Crippen LogP) is -0.112. The van der Waals surface area contributed by atoms with Crippen LogP contribution in [0, 0.1) is 5.92 Å². The molecular weight excluding hydrogens is 330 g/mol. The van der Waals surface area contributed by atoms with Gasteiger partial charge in [-0.3, -0.25) is 19.8 Å². The minimum absolute atomic E-state index is 0.144. The number of ether oxygens (including phenoxy) is 2. The Morgan fingerprint density at radius 2 is 1.92 bits per heavy atom. The minimum Gasteiger partial charge on any atom is -0.495 e. The molecule has 2 aliphatic heterocycles. The molecule has 2 atom stereocenters. The molecule has 9 heteroatoms. The van der Waals surface area contributed by atoms with E-state index in [0.29, 0.717) is 5.56 Å². The van der Waals surface area contributed by atoms with Crippen LogP contribution in [0.25, 0.3) is 0 Å². The maximum Gasteiger partial charge on any atom is 0.355 e. The smallest absolute Gasteiger partial charge is 0.355 e. The lowest BCUT2D eigenvalue weighted by molar-refractivity contribution is -0.133. The van der Waals surface area contributed by atoms with E-state index in [1.807, 2.05) is 0 Å². The topological polar surface area (TPSA) is 114 Å². The van der Waals surface area contributed by atoms with E-state index in [1.165, 1.54) is 32.2 Å². The van der Waals surface area contributed by atoms with E-state index in [9.17, 15) is 19.2 Å². The maximum absolute atomic E-state index is 12.8. The summed E-state index contributed by atoms with van der Waals surface area (Å²) in [6, 6.07) is 3.46. The van der Waals surface area contributed by atoms with Gasteiger partial charge in [0.2, 0.25) is 5.91 Å². The molecular formula is C16H15N3O6. The summed E-state index contributed by atoms with van der Waals surface area (Å²) in [5.41, 5.74) is 2.82. The SMILES string of the molecule is COC(=O)C1=NN[C@H]2C(=O)N(c3cc(C(C)=O)ccc3OC)C(=O)[C@H]12. The fraction of sp³-hybridized carbons (Fsp3) is 0.312. The number of hydrogen-bond acceptors (Lipinski definition) is 8. The average molecular weight is 345 g/mol. The van der Waals surface area contributed by atoms with E-state index in [1.54, 1.807) is 0 Å². The van der Waals surface area contributed by atoms with Crippen LogP contribution in [-0.4, -0.2) is 49.5 Å². The lowest BCUT2D eigenvalue weighted by atomic mass is 9.99. The molecule has 2 amide bonds. The Hall–Kier alpha value is -3.23. The van der Waals surface area contributed by atoms with E-state index in [4.69, 9.17) is 4.74 Å². The normalized spacial score (nSPS) is 21.6. The molecule has 9 nitrogen and oxygen atoms in total. The van der Waals surface area contributed by atoms with Gasteiger partial charge in [-0.15, -0.1) is 0 Å². The zero-order valence-electron chi connectivity index (χ0n) is 13.7. The van der Waals surface area contributed by atoms with Gasteiger partial charge in [-0.25, -0.2) is 9.69 Å². The number of esters is 1. The molecule has 1 aromatic carbocycles. The third-order valence-electron chi connectivity index (χ3n) is 4.15. The summed E-state index contributed by atoms with van der Waals surface area (Å²) in [7, 11) is 2.55. The van der Waals surface area contributed by atoms with Crippen molar-refractivity contribution in [1.82, 2.24) is 5.43 Å². The van der Waals surface area contributed by atoms with Crippen LogP contribution in [0.15, 0.2) is 23.3 Å². The summed E-state index contributed by atoms with van der Waals surface area (Å²) >= 11 is 0. The number of rotatable bonds is 4. The number of amides is 2. The van der Waals surface area contributed by atoms with Crippen LogP contribution in [0.5, 0.6) is 5.75 Å². The lowest BCUT2D eigenvalue weighted by Gasteiger charge is -2.19. The number of nitrogens with one attached hydrogen (secondary N) is 1. The van der Waals surface area contributed by atoms with Crippen molar-refractivity contribution >= 4 is 35.0 Å². The highest BCUT2D eigenvalue weighted by atomic mass is 16.5. The number of hydrazone groups is 1. The Labute approximate surface area is 142 Å². The van der Waals surface area contributed by atoms with Gasteiger partial charge in [-0.2, -0.15) is 5.10 Å². The number of nitrogens with zero attached hydrogens (tertiary/aromatic N) is 2. The molecule has 2 heterocycles. The van der Waals surface area contributed by atoms with Crippen molar-refractivity contribution in [1.29, 1.82) is 0 Å². The van der Waals surface area contributed by atoms with Crippen LogP contribution in [0.3, 0.4) is 0 Å². The molecule has 25 heavy (non-hydrogen) atoms. The standard InChI is InChI=1S/C16H15N3O6/c1-7(20)8-4-5-10(24-2)9(6-8)19-14(21)11-12(15(19)22)17-18-13(11)16(23)25-3/h4-6,11-12,17H,1-3H3/t11-,12+/m0/s1. The molecule has 0 saturated carbocycles. The van der Waals surface area contributed by atoms with Gasteiger partial charge >= 0.3 is 5.97 Å². The number of anilines is 1. The van der Waals surface area contributed by atoms with E-state index in [2.05, 4.69) is 15.3 Å². The summed E-state index contributed by atoms with van der Waals surface area (Å²) in [6.07, 6.45) is 0. The second kappa shape index (κ2) is 6.00. The first-order valence-electron chi connectivity index (χ1n) is 7.39. The number of methoxy groups -OCH3 is 2. The van der Waals surface area contributed by atoms with Crippen LogP contribution in [0.4, 0.5) is 5.69 Å². The second-order valence-corrected chi connectivity index (χ2v) is 5.53. The van der Waals surface area contributed by atoms with Gasteiger partial charge in [-0.05, 0) is 25.1 Å². The lowest BCUT2D eigenvalue weighted by Crippen LogP contribution is -2.36. The second-order valence-electron chi connectivity index (χ2n) is 5.53. The number of hydrogen-bond donors (Lipinski definition) is 1. The zero-order valence-corrected chi connectivity index (χ0v) is 13.7. The molecule has 0 bridgehead atoms. The number of imide groups is 1. The first-order chi connectivity index (χ1) is 11.9. The number of ketones is 1. The van der Waals surface area contributed by atoms with Crippen LogP contribution >= 0.6 is 0 Å². The van der Waals surface area contributed by atoms with Gasteiger partial charge < -0.3 is 9.47 Å². The molecule has 1 saturated heterocycles. The Bertz CT molecular complexity index is 831. The number of benzene rings is 1. The minimum atomic E-state index is -1.08. The van der Waals surface area contributed by atoms with E-state index in [0.717, 1.165) is 12.0 Å². The largest absolute Gasteiger partial charge is 0.495 e. The Morgan fingerprint density at radius 3 is 2.52 bits per heavy atom. The number of carbonyl (C=O) groups excluding carboxylic acids is 4. The molecule has 1 fully saturated rings. The average Bonchev–Trinajstić information content (AvgIpc) is 3.14. The van der Waals surface area contributed by atoms with Crippen molar-refractivity contribution in [2.24, 2.45) is 11.0 Å². The molecule has 0 unspecified atom stereocenters. The van der Waals surface area contributed by atoms with Crippen molar-refractivity contribution in [3.05, 3.63) is 23.8 Å². The predicted molar refractivity (Wildman–Crippen MR) is 85.4 cm³/mol. The summed E-state index contributed by atoms with van der Waals surface area (Å²) in [6.45, 7) is 1.37. The third-order valence-corrected chi connectivity index (χ3v) is 4.15. The third kappa shape index (κ3) is 2.44. The molecule has 0 spiro atoms. The molecule has 1 aromatic rings. The van der Waals surface area contributed by atoms with E-state index < -0.39 is 29.7 Å². The Balaban J connectivity index is 2.05. The first-order valence-corrected chi connectivity index (χ1v) is 7.39. The fourth-order valence-electron chi connectivity index (χ4n) is 2.88. The van der Waals surface area contributed by atoms with Crippen molar-refractivity contribution in [2.45, 2.75) is 13.0 Å². The Morgan fingerprint density at radius 1 is 1.20 bits per heavy atom. The van der Waals surface area contributed by atoms with Crippen molar-refractivity contribution in [2.75, 3.05) is 19.1 Å². The Kier molecular flexibility index (Phi) is 3.99. The van der Waals surface area contributed by atoms with E-state index >= 15 is 0 Å². The highest BCUT2D eigenvalue weighted by Gasteiger charge is 2.56. The summed E-state index contributed by atoms with van der Waals surface area (Å²) < 4.78 is 9.81. The van der Waals surface area contributed by atoms with Crippen LogP contribution in [-0.2, 0) is 19.1 Å². The van der Waals surface area contributed by atoms with Crippen LogP contribution in [0.1, 0.15) is 17.3 Å². The molecule has 0 aromatic heterocycles. The molecule has 0 radical (unpaired) electrons. The van der Waals surface area contributed by atoms with E-state index in [-0.39, 0.29) is 22.9 Å². The maximum atomic E-state index is 12.8. The first kappa shape index (κ1) is 16.6. The summed E-state index contributed by atoms with van der Waals surface area (Å²) in [5.74, 6) is -3.06. The highest BCUT2D eigenvalue weighted by molar-refractivity contribution is 6.46. The number of Topliss-reactive ketones (excluding diaryl/α,β-unsaturated/α-hetero) is 1. The molecule has 0 aliphatic carbocycles. The fourth-order valence-corrected chi connectivity index (χ4v) is 2.88. The van der Waals surface area contributed by atoms with Crippen LogP contribution in [0.2, 0.25) is 0 Å². The van der Waals surface area contributed by atoms with Gasteiger partial charge in [-0.1, -0.05) is 0 Å². The zero-order chi connectivity index (χ0) is 18.3. The van der Waals surface area contributed by atoms with Crippen molar-refractivity contribution in [3.8, 4) is 5.75 Å². The van der Waals surface area contributed by atoms with Gasteiger partial charge in [0.05, 0.1) is 19.9 Å². The molecule has 130 valence electrons. The van der Waals surface area contributed by atoms with Gasteiger partial charge in [0.15, 0.2) is 11.5 Å². The summed E-state index contributed by atoms with van der Waals surface area (Å²) in [4.78, 5) is 49.8. The quantitative estimate of drug-likeness (QED) is 0.460. The van der Waals surface area contributed by atoms with Crippen LogP contribution < -0.4 is 15.1 Å². The summed E-state index contributed by atoms with van der Waals surface area (Å²) in [5, 5.41) is 3.75. The van der Waals surface area contributed by atoms with Gasteiger partial charge in [0, 0.05) is 5.56 Å². The van der Waals surface area contributed by atoms with Crippen molar-refractivity contribution < 1.29 is 28.7 Å². The monoisotopic (exact) mass is 345 g/mol. The molecule has 1 N–H and O–H groups in total. The van der Waals surface area contributed by atoms with Gasteiger partial charge in [0.25, 0.3) is 5.91 Å². The molecule has 2 aliphatic rings. The van der Waals surface area contributed by atoms with Gasteiger partial charge in [0.1, 0.15) is 17.7 Å². The number of carbonyl (C=O) groups is 4. The highest BCUT2D eigenvalue weighted by Crippen LogP contribution is 2.36. The van der Waals surface area contributed by atoms with Crippen molar-refractivity contribution in [3.63, 3.8) is 0 Å². The number of fused-ring (bicyclic) bond motifs is 1.